The van der Waals surface area contributed by atoms with Crippen LogP contribution in [0.15, 0.2) is 12.1 Å². The Kier molecular flexibility index (Phi) is 4.41. The van der Waals surface area contributed by atoms with Crippen LogP contribution in [0, 0.1) is 13.8 Å². The molecule has 1 atom stereocenters. The van der Waals surface area contributed by atoms with E-state index in [9.17, 15) is 5.11 Å². The number of rotatable bonds is 4. The fourth-order valence-electron chi connectivity index (χ4n) is 1.95. The Bertz CT molecular complexity index is 425. The summed E-state index contributed by atoms with van der Waals surface area (Å²) in [7, 11) is 5.63. The number of aliphatic hydroxyl groups excluding tert-OH is 1. The molecule has 0 saturated heterocycles. The van der Waals surface area contributed by atoms with Crippen molar-refractivity contribution < 1.29 is 9.84 Å². The summed E-state index contributed by atoms with van der Waals surface area (Å²) >= 11 is 0. The average molecular weight is 251 g/mol. The first kappa shape index (κ1) is 15.0. The topological polar surface area (TPSA) is 32.7 Å². The van der Waals surface area contributed by atoms with E-state index in [2.05, 4.69) is 0 Å². The highest BCUT2D eigenvalue weighted by atomic mass is 16.5. The van der Waals surface area contributed by atoms with E-state index >= 15 is 0 Å². The predicted molar refractivity (Wildman–Crippen MR) is 75.2 cm³/mol. The number of benzene rings is 1. The molecule has 0 aromatic heterocycles. The fraction of sp³-hybridized carbons (Fsp3) is 0.600. The van der Waals surface area contributed by atoms with E-state index in [1.54, 1.807) is 7.11 Å². The van der Waals surface area contributed by atoms with Crippen LogP contribution in [0.3, 0.4) is 0 Å². The molecule has 0 aliphatic rings. The Morgan fingerprint density at radius 1 is 1.17 bits per heavy atom. The summed E-state index contributed by atoms with van der Waals surface area (Å²) in [5.74, 6) is 0.867. The lowest BCUT2D eigenvalue weighted by Crippen LogP contribution is -2.44. The highest BCUT2D eigenvalue weighted by Gasteiger charge is 2.32. The van der Waals surface area contributed by atoms with Crippen LogP contribution in [0.5, 0.6) is 5.75 Å². The molecule has 0 aliphatic carbocycles. The number of methoxy groups -OCH3 is 1. The molecular formula is C15H25NO2. The van der Waals surface area contributed by atoms with Crippen molar-refractivity contribution in [3.8, 4) is 5.75 Å². The van der Waals surface area contributed by atoms with Gasteiger partial charge in [0.2, 0.25) is 0 Å². The maximum absolute atomic E-state index is 10.6. The third-order valence-corrected chi connectivity index (χ3v) is 3.90. The summed E-state index contributed by atoms with van der Waals surface area (Å²) in [5, 5.41) is 10.6. The first-order chi connectivity index (χ1) is 8.21. The van der Waals surface area contributed by atoms with Gasteiger partial charge >= 0.3 is 0 Å². The molecule has 3 heteroatoms. The molecule has 0 heterocycles. The van der Waals surface area contributed by atoms with Gasteiger partial charge in [0.15, 0.2) is 0 Å². The predicted octanol–water partition coefficient (Wildman–Crippen LogP) is 2.69. The molecule has 102 valence electrons. The maximum Gasteiger partial charge on any atom is 0.122 e. The molecule has 3 nitrogen and oxygen atoms in total. The van der Waals surface area contributed by atoms with E-state index in [1.165, 1.54) is 0 Å². The highest BCUT2D eigenvalue weighted by Crippen LogP contribution is 2.34. The Morgan fingerprint density at radius 2 is 1.72 bits per heavy atom. The van der Waals surface area contributed by atoms with Crippen LogP contribution in [0.1, 0.15) is 36.6 Å². The third-order valence-electron chi connectivity index (χ3n) is 3.90. The number of likely N-dealkylation sites (N-methyl/N-ethyl adjacent to an activating group) is 1. The minimum absolute atomic E-state index is 0.314. The van der Waals surface area contributed by atoms with Gasteiger partial charge in [-0.15, -0.1) is 0 Å². The Morgan fingerprint density at radius 3 is 2.17 bits per heavy atom. The first-order valence-electron chi connectivity index (χ1n) is 6.22. The minimum Gasteiger partial charge on any atom is -0.496 e. The normalized spacial score (nSPS) is 13.8. The molecule has 0 aliphatic heterocycles. The molecule has 0 radical (unpaired) electrons. The fourth-order valence-corrected chi connectivity index (χ4v) is 1.95. The summed E-state index contributed by atoms with van der Waals surface area (Å²) in [6.07, 6.45) is -0.530. The van der Waals surface area contributed by atoms with Gasteiger partial charge in [0, 0.05) is 5.54 Å². The van der Waals surface area contributed by atoms with Gasteiger partial charge in [0.1, 0.15) is 5.75 Å². The SMILES string of the molecule is COc1cc(C)c(C(O)C(C)(C)N(C)C)cc1C. The summed E-state index contributed by atoms with van der Waals surface area (Å²) in [4.78, 5) is 2.04. The number of hydrogen-bond acceptors (Lipinski definition) is 3. The molecule has 1 aromatic rings. The Balaban J connectivity index is 3.22. The number of aliphatic hydroxyl groups is 1. The van der Waals surface area contributed by atoms with Gasteiger partial charge in [-0.05, 0) is 70.6 Å². The minimum atomic E-state index is -0.530. The lowest BCUT2D eigenvalue weighted by Gasteiger charge is -2.38. The van der Waals surface area contributed by atoms with E-state index in [-0.39, 0.29) is 5.54 Å². The van der Waals surface area contributed by atoms with Crippen molar-refractivity contribution in [1.82, 2.24) is 4.90 Å². The van der Waals surface area contributed by atoms with Gasteiger partial charge < -0.3 is 14.7 Å². The zero-order valence-corrected chi connectivity index (χ0v) is 12.5. The molecule has 0 bridgehead atoms. The molecule has 0 saturated carbocycles. The van der Waals surface area contributed by atoms with Crippen LogP contribution in [0.25, 0.3) is 0 Å². The van der Waals surface area contributed by atoms with Crippen molar-refractivity contribution in [2.24, 2.45) is 0 Å². The van der Waals surface area contributed by atoms with Crippen molar-refractivity contribution in [3.05, 3.63) is 28.8 Å². The lowest BCUT2D eigenvalue weighted by atomic mass is 9.87. The maximum atomic E-state index is 10.6. The second-order valence-corrected chi connectivity index (χ2v) is 5.63. The first-order valence-corrected chi connectivity index (χ1v) is 6.22. The molecule has 0 amide bonds. The summed E-state index contributed by atoms with van der Waals surface area (Å²) in [6, 6.07) is 4.00. The second-order valence-electron chi connectivity index (χ2n) is 5.63. The van der Waals surface area contributed by atoms with Gasteiger partial charge in [-0.3, -0.25) is 0 Å². The van der Waals surface area contributed by atoms with E-state index in [4.69, 9.17) is 4.74 Å². The van der Waals surface area contributed by atoms with Crippen LogP contribution in [-0.4, -0.2) is 36.8 Å². The van der Waals surface area contributed by atoms with Gasteiger partial charge in [0.25, 0.3) is 0 Å². The molecule has 0 spiro atoms. The molecule has 1 aromatic carbocycles. The van der Waals surface area contributed by atoms with Crippen molar-refractivity contribution in [2.45, 2.75) is 39.3 Å². The molecule has 0 fully saturated rings. The van der Waals surface area contributed by atoms with Gasteiger partial charge in [-0.25, -0.2) is 0 Å². The van der Waals surface area contributed by atoms with Crippen LogP contribution in [-0.2, 0) is 0 Å². The molecular weight excluding hydrogens is 226 g/mol. The molecule has 1 N–H and O–H groups in total. The van der Waals surface area contributed by atoms with Gasteiger partial charge in [-0.1, -0.05) is 0 Å². The Hall–Kier alpha value is -1.06. The zero-order valence-electron chi connectivity index (χ0n) is 12.5. The van der Waals surface area contributed by atoms with Crippen molar-refractivity contribution in [1.29, 1.82) is 0 Å². The number of nitrogens with zero attached hydrogens (tertiary/aromatic N) is 1. The average Bonchev–Trinajstić information content (AvgIpc) is 2.30. The molecule has 1 unspecified atom stereocenters. The third kappa shape index (κ3) is 2.68. The van der Waals surface area contributed by atoms with Crippen LogP contribution >= 0.6 is 0 Å². The lowest BCUT2D eigenvalue weighted by molar-refractivity contribution is 0.0159. The van der Waals surface area contributed by atoms with Crippen molar-refractivity contribution in [2.75, 3.05) is 21.2 Å². The smallest absolute Gasteiger partial charge is 0.122 e. The molecule has 1 rings (SSSR count). The van der Waals surface area contributed by atoms with E-state index in [0.29, 0.717) is 0 Å². The quantitative estimate of drug-likeness (QED) is 0.893. The number of hydrogen-bond donors (Lipinski definition) is 1. The van der Waals surface area contributed by atoms with E-state index < -0.39 is 6.10 Å². The van der Waals surface area contributed by atoms with Crippen LogP contribution < -0.4 is 4.74 Å². The Labute approximate surface area is 110 Å². The van der Waals surface area contributed by atoms with Crippen molar-refractivity contribution >= 4 is 0 Å². The summed E-state index contributed by atoms with van der Waals surface area (Å²) in [5.41, 5.74) is 2.75. The van der Waals surface area contributed by atoms with Crippen LogP contribution in [0.2, 0.25) is 0 Å². The monoisotopic (exact) mass is 251 g/mol. The van der Waals surface area contributed by atoms with Gasteiger partial charge in [0.05, 0.1) is 13.2 Å². The largest absolute Gasteiger partial charge is 0.496 e. The summed E-state index contributed by atoms with van der Waals surface area (Å²) in [6.45, 7) is 8.08. The standard InChI is InChI=1S/C15H25NO2/c1-10-9-13(18-7)11(2)8-12(10)14(17)15(3,4)16(5)6/h8-9,14,17H,1-7H3. The van der Waals surface area contributed by atoms with Crippen molar-refractivity contribution in [3.63, 3.8) is 0 Å². The van der Waals surface area contributed by atoms with E-state index in [0.717, 1.165) is 22.4 Å². The number of aryl methyl sites for hydroxylation is 2. The van der Waals surface area contributed by atoms with Gasteiger partial charge in [-0.2, -0.15) is 0 Å². The second kappa shape index (κ2) is 5.29. The highest BCUT2D eigenvalue weighted by molar-refractivity contribution is 5.43. The zero-order chi connectivity index (χ0) is 14.1. The number of ether oxygens (including phenoxy) is 1. The summed E-state index contributed by atoms with van der Waals surface area (Å²) < 4.78 is 5.30. The molecule has 18 heavy (non-hydrogen) atoms. The van der Waals surface area contributed by atoms with E-state index in [1.807, 2.05) is 58.8 Å². The van der Waals surface area contributed by atoms with Crippen LogP contribution in [0.4, 0.5) is 0 Å².